The van der Waals surface area contributed by atoms with Gasteiger partial charge in [-0.15, -0.1) is 0 Å². The minimum Gasteiger partial charge on any atom is -0.490 e. The molecule has 0 amide bonds. The standard InChI is InChI=1S/C31H28ClNO4/c1-20-28(31(35)37-16-15-36-25-13-6-3-7-14-25)29(22-11-8-12-24(32)17-22)30-26(33-20)18-23(19-27(30)34)21-9-4-2-5-10-21/h2-14,17,23,29,33H,15-16,18-19H2,1H3/t23-,29+/m1/s1. The molecule has 37 heavy (non-hydrogen) atoms. The molecule has 1 aliphatic carbocycles. The summed E-state index contributed by atoms with van der Waals surface area (Å²) in [4.78, 5) is 27.1. The second kappa shape index (κ2) is 11.1. The molecule has 0 spiro atoms. The van der Waals surface area contributed by atoms with Gasteiger partial charge in [-0.05, 0) is 54.7 Å². The molecular weight excluding hydrogens is 486 g/mol. The highest BCUT2D eigenvalue weighted by Crippen LogP contribution is 2.46. The number of hydrogen-bond donors (Lipinski definition) is 1. The predicted molar refractivity (Wildman–Crippen MR) is 143 cm³/mol. The highest BCUT2D eigenvalue weighted by atomic mass is 35.5. The Bertz CT molecular complexity index is 1360. The minimum atomic E-state index is -0.554. The van der Waals surface area contributed by atoms with Gasteiger partial charge in [0.15, 0.2) is 5.78 Å². The first-order chi connectivity index (χ1) is 18.0. The lowest BCUT2D eigenvalue weighted by molar-refractivity contribution is -0.140. The van der Waals surface area contributed by atoms with Crippen LogP contribution >= 0.6 is 11.6 Å². The van der Waals surface area contributed by atoms with E-state index >= 15 is 0 Å². The van der Waals surface area contributed by atoms with E-state index in [-0.39, 0.29) is 24.9 Å². The molecule has 188 valence electrons. The molecule has 6 heteroatoms. The Morgan fingerprint density at radius 1 is 0.919 bits per heavy atom. The molecule has 0 unspecified atom stereocenters. The summed E-state index contributed by atoms with van der Waals surface area (Å²) in [5.74, 6) is -0.215. The van der Waals surface area contributed by atoms with Gasteiger partial charge in [0.2, 0.25) is 0 Å². The van der Waals surface area contributed by atoms with E-state index in [4.69, 9.17) is 21.1 Å². The summed E-state index contributed by atoms with van der Waals surface area (Å²) < 4.78 is 11.3. The number of halogens is 1. The van der Waals surface area contributed by atoms with Crippen LogP contribution in [0.3, 0.4) is 0 Å². The van der Waals surface area contributed by atoms with E-state index < -0.39 is 11.9 Å². The van der Waals surface area contributed by atoms with Crippen molar-refractivity contribution in [3.05, 3.63) is 124 Å². The largest absolute Gasteiger partial charge is 0.490 e. The van der Waals surface area contributed by atoms with Crippen molar-refractivity contribution in [1.29, 1.82) is 0 Å². The highest BCUT2D eigenvalue weighted by molar-refractivity contribution is 6.30. The van der Waals surface area contributed by atoms with E-state index in [9.17, 15) is 9.59 Å². The third-order valence-electron chi connectivity index (χ3n) is 6.83. The third kappa shape index (κ3) is 5.47. The second-order valence-corrected chi connectivity index (χ2v) is 9.72. The third-order valence-corrected chi connectivity index (χ3v) is 7.06. The summed E-state index contributed by atoms with van der Waals surface area (Å²) >= 11 is 6.34. The number of ketones is 1. The first-order valence-corrected chi connectivity index (χ1v) is 12.8. The van der Waals surface area contributed by atoms with Crippen molar-refractivity contribution in [2.75, 3.05) is 13.2 Å². The number of para-hydroxylation sites is 1. The van der Waals surface area contributed by atoms with Crippen LogP contribution in [0.1, 0.15) is 42.7 Å². The van der Waals surface area contributed by atoms with E-state index in [2.05, 4.69) is 17.4 Å². The number of nitrogens with one attached hydrogen (secondary N) is 1. The molecule has 0 aromatic heterocycles. The van der Waals surface area contributed by atoms with Gasteiger partial charge in [-0.1, -0.05) is 72.3 Å². The summed E-state index contributed by atoms with van der Waals surface area (Å²) in [6, 6.07) is 26.8. The molecule has 3 aromatic rings. The van der Waals surface area contributed by atoms with Crippen molar-refractivity contribution in [3.8, 4) is 5.75 Å². The Hall–Kier alpha value is -3.83. The van der Waals surface area contributed by atoms with Crippen LogP contribution in [-0.2, 0) is 14.3 Å². The average Bonchev–Trinajstić information content (AvgIpc) is 2.91. The van der Waals surface area contributed by atoms with Crippen molar-refractivity contribution in [2.24, 2.45) is 0 Å². The number of rotatable bonds is 7. The SMILES string of the molecule is CC1=C(C(=O)OCCOc2ccccc2)[C@H](c2cccc(Cl)c2)C2=C(C[C@@H](c3ccccc3)CC2=O)N1. The number of dihydropyridines is 1. The summed E-state index contributed by atoms with van der Waals surface area (Å²) in [5.41, 5.74) is 4.50. The zero-order valence-electron chi connectivity index (χ0n) is 20.6. The smallest absolute Gasteiger partial charge is 0.336 e. The molecule has 1 heterocycles. The molecule has 0 fully saturated rings. The van der Waals surface area contributed by atoms with Crippen LogP contribution < -0.4 is 10.1 Å². The Labute approximate surface area is 221 Å². The maximum absolute atomic E-state index is 13.6. The lowest BCUT2D eigenvalue weighted by Gasteiger charge is -2.36. The van der Waals surface area contributed by atoms with Gasteiger partial charge in [-0.2, -0.15) is 0 Å². The molecule has 1 aliphatic heterocycles. The second-order valence-electron chi connectivity index (χ2n) is 9.28. The lowest BCUT2D eigenvalue weighted by Crippen LogP contribution is -2.36. The zero-order valence-corrected chi connectivity index (χ0v) is 21.3. The molecular formula is C31H28ClNO4. The van der Waals surface area contributed by atoms with E-state index in [1.807, 2.05) is 73.7 Å². The van der Waals surface area contributed by atoms with Crippen LogP contribution in [0.4, 0.5) is 0 Å². The van der Waals surface area contributed by atoms with Gasteiger partial charge >= 0.3 is 5.97 Å². The maximum atomic E-state index is 13.6. The number of Topliss-reactive ketones (excluding diaryl/α,β-unsaturated/α-hetero) is 1. The molecule has 0 saturated carbocycles. The number of benzene rings is 3. The molecule has 2 aliphatic rings. The van der Waals surface area contributed by atoms with E-state index in [0.717, 1.165) is 16.8 Å². The summed E-state index contributed by atoms with van der Waals surface area (Å²) in [7, 11) is 0. The van der Waals surface area contributed by atoms with Crippen molar-refractivity contribution >= 4 is 23.4 Å². The van der Waals surface area contributed by atoms with Gasteiger partial charge in [-0.25, -0.2) is 4.79 Å². The van der Waals surface area contributed by atoms with Crippen molar-refractivity contribution in [3.63, 3.8) is 0 Å². The zero-order chi connectivity index (χ0) is 25.8. The minimum absolute atomic E-state index is 0.0257. The summed E-state index contributed by atoms with van der Waals surface area (Å²) in [5, 5.41) is 3.93. The maximum Gasteiger partial charge on any atom is 0.336 e. The Morgan fingerprint density at radius 3 is 2.35 bits per heavy atom. The van der Waals surface area contributed by atoms with E-state index in [0.29, 0.717) is 40.5 Å². The predicted octanol–water partition coefficient (Wildman–Crippen LogP) is 6.32. The van der Waals surface area contributed by atoms with Gasteiger partial charge in [0.25, 0.3) is 0 Å². The van der Waals surface area contributed by atoms with E-state index in [1.165, 1.54) is 0 Å². The van der Waals surface area contributed by atoms with Crippen molar-refractivity contribution in [1.82, 2.24) is 5.32 Å². The Morgan fingerprint density at radius 2 is 1.62 bits per heavy atom. The first kappa shape index (κ1) is 24.8. The number of ether oxygens (including phenoxy) is 2. The van der Waals surface area contributed by atoms with Crippen molar-refractivity contribution < 1.29 is 19.1 Å². The topological polar surface area (TPSA) is 64.6 Å². The number of carbonyl (C=O) groups excluding carboxylic acids is 2. The molecule has 2 atom stereocenters. The van der Waals surface area contributed by atoms with E-state index in [1.54, 1.807) is 6.07 Å². The highest BCUT2D eigenvalue weighted by Gasteiger charge is 2.41. The fraction of sp³-hybridized carbons (Fsp3) is 0.226. The first-order valence-electron chi connectivity index (χ1n) is 12.4. The van der Waals surface area contributed by atoms with Crippen LogP contribution in [-0.4, -0.2) is 25.0 Å². The normalized spacial score (nSPS) is 19.2. The molecule has 5 nitrogen and oxygen atoms in total. The van der Waals surface area contributed by atoms with Crippen LogP contribution in [0.5, 0.6) is 5.75 Å². The number of esters is 1. The average molecular weight is 514 g/mol. The van der Waals surface area contributed by atoms with Gasteiger partial charge in [0.05, 0.1) is 5.57 Å². The quantitative estimate of drug-likeness (QED) is 0.295. The Kier molecular flexibility index (Phi) is 7.42. The van der Waals surface area contributed by atoms with Crippen LogP contribution in [0.15, 0.2) is 107 Å². The van der Waals surface area contributed by atoms with Crippen LogP contribution in [0.25, 0.3) is 0 Å². The van der Waals surface area contributed by atoms with Crippen LogP contribution in [0.2, 0.25) is 5.02 Å². The lowest BCUT2D eigenvalue weighted by atomic mass is 9.72. The number of carbonyl (C=O) groups is 2. The Balaban J connectivity index is 1.42. The van der Waals surface area contributed by atoms with Gasteiger partial charge < -0.3 is 14.8 Å². The summed E-state index contributed by atoms with van der Waals surface area (Å²) in [6.07, 6.45) is 1.07. The fourth-order valence-corrected chi connectivity index (χ4v) is 5.38. The molecule has 5 rings (SSSR count). The van der Waals surface area contributed by atoms with Crippen molar-refractivity contribution in [2.45, 2.75) is 31.6 Å². The molecule has 0 bridgehead atoms. The van der Waals surface area contributed by atoms with Gasteiger partial charge in [0.1, 0.15) is 19.0 Å². The fourth-order valence-electron chi connectivity index (χ4n) is 5.18. The molecule has 1 N–H and O–H groups in total. The number of allylic oxidation sites excluding steroid dienone is 3. The molecule has 0 radical (unpaired) electrons. The summed E-state index contributed by atoms with van der Waals surface area (Å²) in [6.45, 7) is 2.17. The number of hydrogen-bond acceptors (Lipinski definition) is 5. The van der Waals surface area contributed by atoms with Crippen LogP contribution in [0, 0.1) is 0 Å². The monoisotopic (exact) mass is 513 g/mol. The van der Waals surface area contributed by atoms with Gasteiger partial charge in [0, 0.05) is 34.3 Å². The molecule has 3 aromatic carbocycles. The van der Waals surface area contributed by atoms with Gasteiger partial charge in [-0.3, -0.25) is 4.79 Å². The molecule has 0 saturated heterocycles.